The van der Waals surface area contributed by atoms with E-state index in [4.69, 9.17) is 4.74 Å². The van der Waals surface area contributed by atoms with Gasteiger partial charge in [-0.2, -0.15) is 0 Å². The summed E-state index contributed by atoms with van der Waals surface area (Å²) in [5.41, 5.74) is 3.04. The first-order valence-corrected chi connectivity index (χ1v) is 8.35. The number of hydrogen-bond donors (Lipinski definition) is 1. The average Bonchev–Trinajstić information content (AvgIpc) is 3.11. The van der Waals surface area contributed by atoms with E-state index in [1.807, 2.05) is 66.2 Å². The van der Waals surface area contributed by atoms with Crippen molar-refractivity contribution in [1.82, 2.24) is 14.9 Å². The Morgan fingerprint density at radius 3 is 2.50 bits per heavy atom. The Labute approximate surface area is 153 Å². The number of nitrogens with zero attached hydrogens (tertiary/aromatic N) is 2. The molecule has 0 aliphatic carbocycles. The Kier molecular flexibility index (Phi) is 5.49. The van der Waals surface area contributed by atoms with Crippen molar-refractivity contribution in [2.75, 3.05) is 7.11 Å². The standard InChI is InChI=1S/C21H21N3O2/c1-16-22-13-14-24(16)19-8-3-18(4-9-19)15-23-21(25)12-7-17-5-10-20(26-2)11-6-17/h3-14H,15H2,1-2H3,(H,23,25)/b12-7+. The summed E-state index contributed by atoms with van der Waals surface area (Å²) in [6.07, 6.45) is 7.01. The predicted octanol–water partition coefficient (Wildman–Crippen LogP) is 3.52. The molecule has 0 aliphatic rings. The van der Waals surface area contributed by atoms with Gasteiger partial charge in [0, 0.05) is 30.7 Å². The number of imidazole rings is 1. The average molecular weight is 347 g/mol. The zero-order chi connectivity index (χ0) is 18.4. The molecule has 0 unspecified atom stereocenters. The number of carbonyl (C=O) groups excluding carboxylic acids is 1. The van der Waals surface area contributed by atoms with Gasteiger partial charge in [-0.1, -0.05) is 24.3 Å². The summed E-state index contributed by atoms with van der Waals surface area (Å²) in [6, 6.07) is 15.6. The van der Waals surface area contributed by atoms with E-state index >= 15 is 0 Å². The molecule has 132 valence electrons. The van der Waals surface area contributed by atoms with Gasteiger partial charge in [0.1, 0.15) is 11.6 Å². The smallest absolute Gasteiger partial charge is 0.244 e. The number of aromatic nitrogens is 2. The highest BCUT2D eigenvalue weighted by Gasteiger charge is 2.01. The molecule has 1 aromatic heterocycles. The second-order valence-corrected chi connectivity index (χ2v) is 5.84. The van der Waals surface area contributed by atoms with Crippen LogP contribution in [0.2, 0.25) is 0 Å². The fourth-order valence-electron chi connectivity index (χ4n) is 2.56. The van der Waals surface area contributed by atoms with E-state index in [1.54, 1.807) is 19.4 Å². The number of amides is 1. The first kappa shape index (κ1) is 17.5. The molecule has 0 saturated heterocycles. The minimum Gasteiger partial charge on any atom is -0.497 e. The molecular formula is C21H21N3O2. The minimum atomic E-state index is -0.129. The van der Waals surface area contributed by atoms with Gasteiger partial charge in [0.2, 0.25) is 5.91 Å². The van der Waals surface area contributed by atoms with E-state index in [0.29, 0.717) is 6.54 Å². The lowest BCUT2D eigenvalue weighted by Crippen LogP contribution is -2.20. The maximum atomic E-state index is 12.0. The Morgan fingerprint density at radius 1 is 1.15 bits per heavy atom. The number of nitrogens with one attached hydrogen (secondary N) is 1. The van der Waals surface area contributed by atoms with Gasteiger partial charge in [0.25, 0.3) is 0 Å². The lowest BCUT2D eigenvalue weighted by Gasteiger charge is -2.07. The summed E-state index contributed by atoms with van der Waals surface area (Å²) in [7, 11) is 1.63. The molecule has 0 fully saturated rings. The molecule has 1 N–H and O–H groups in total. The summed E-state index contributed by atoms with van der Waals surface area (Å²) in [5, 5.41) is 2.89. The van der Waals surface area contributed by atoms with Gasteiger partial charge in [-0.25, -0.2) is 4.98 Å². The van der Waals surface area contributed by atoms with Crippen molar-refractivity contribution in [3.63, 3.8) is 0 Å². The summed E-state index contributed by atoms with van der Waals surface area (Å²) >= 11 is 0. The molecule has 3 aromatic rings. The third-order valence-electron chi connectivity index (χ3n) is 4.05. The van der Waals surface area contributed by atoms with Gasteiger partial charge < -0.3 is 14.6 Å². The first-order valence-electron chi connectivity index (χ1n) is 8.35. The van der Waals surface area contributed by atoms with E-state index in [0.717, 1.165) is 28.4 Å². The number of carbonyl (C=O) groups is 1. The fourth-order valence-corrected chi connectivity index (χ4v) is 2.56. The summed E-state index contributed by atoms with van der Waals surface area (Å²) < 4.78 is 7.13. The second kappa shape index (κ2) is 8.16. The molecular weight excluding hydrogens is 326 g/mol. The van der Waals surface area contributed by atoms with Crippen LogP contribution in [0, 0.1) is 6.92 Å². The van der Waals surface area contributed by atoms with Gasteiger partial charge in [0.05, 0.1) is 7.11 Å². The normalized spacial score (nSPS) is 10.8. The van der Waals surface area contributed by atoms with Crippen LogP contribution in [0.1, 0.15) is 17.0 Å². The molecule has 0 spiro atoms. The van der Waals surface area contributed by atoms with Gasteiger partial charge in [-0.3, -0.25) is 4.79 Å². The van der Waals surface area contributed by atoms with Crippen molar-refractivity contribution < 1.29 is 9.53 Å². The van der Waals surface area contributed by atoms with Crippen LogP contribution in [0.5, 0.6) is 5.75 Å². The van der Waals surface area contributed by atoms with Gasteiger partial charge in [-0.05, 0) is 48.4 Å². The van der Waals surface area contributed by atoms with E-state index in [-0.39, 0.29) is 5.91 Å². The highest BCUT2D eigenvalue weighted by atomic mass is 16.5. The van der Waals surface area contributed by atoms with Crippen LogP contribution in [0.4, 0.5) is 0 Å². The molecule has 0 bridgehead atoms. The van der Waals surface area contributed by atoms with Crippen molar-refractivity contribution in [1.29, 1.82) is 0 Å². The van der Waals surface area contributed by atoms with Crippen LogP contribution in [-0.4, -0.2) is 22.6 Å². The van der Waals surface area contributed by atoms with Crippen LogP contribution < -0.4 is 10.1 Å². The van der Waals surface area contributed by atoms with E-state index in [1.165, 1.54) is 6.08 Å². The number of benzene rings is 2. The number of hydrogen-bond acceptors (Lipinski definition) is 3. The zero-order valence-electron chi connectivity index (χ0n) is 14.8. The van der Waals surface area contributed by atoms with Crippen molar-refractivity contribution >= 4 is 12.0 Å². The zero-order valence-corrected chi connectivity index (χ0v) is 14.8. The van der Waals surface area contributed by atoms with Crippen molar-refractivity contribution in [2.24, 2.45) is 0 Å². The topological polar surface area (TPSA) is 56.1 Å². The number of aryl methyl sites for hydroxylation is 1. The van der Waals surface area contributed by atoms with Crippen LogP contribution in [0.15, 0.2) is 67.0 Å². The Morgan fingerprint density at radius 2 is 1.88 bits per heavy atom. The molecule has 0 radical (unpaired) electrons. The SMILES string of the molecule is COc1ccc(/C=C/C(=O)NCc2ccc(-n3ccnc3C)cc2)cc1. The van der Waals surface area contributed by atoms with Gasteiger partial charge in [-0.15, -0.1) is 0 Å². The molecule has 0 atom stereocenters. The summed E-state index contributed by atoms with van der Waals surface area (Å²) in [4.78, 5) is 16.2. The maximum absolute atomic E-state index is 12.0. The molecule has 5 heteroatoms. The molecule has 5 nitrogen and oxygen atoms in total. The molecule has 0 saturated carbocycles. The molecule has 3 rings (SSSR count). The van der Waals surface area contributed by atoms with Crippen molar-refractivity contribution in [2.45, 2.75) is 13.5 Å². The number of rotatable bonds is 6. The van der Waals surface area contributed by atoms with Crippen molar-refractivity contribution in [3.05, 3.63) is 84.0 Å². The largest absolute Gasteiger partial charge is 0.497 e. The molecule has 2 aromatic carbocycles. The van der Waals surface area contributed by atoms with Crippen LogP contribution in [0.25, 0.3) is 11.8 Å². The monoisotopic (exact) mass is 347 g/mol. The lowest BCUT2D eigenvalue weighted by molar-refractivity contribution is -0.116. The summed E-state index contributed by atoms with van der Waals surface area (Å²) in [6.45, 7) is 2.44. The number of ether oxygens (including phenoxy) is 1. The number of methoxy groups -OCH3 is 1. The van der Waals surface area contributed by atoms with Gasteiger partial charge in [0.15, 0.2) is 0 Å². The predicted molar refractivity (Wildman–Crippen MR) is 102 cm³/mol. The molecule has 1 amide bonds. The van der Waals surface area contributed by atoms with Crippen LogP contribution in [0.3, 0.4) is 0 Å². The molecule has 26 heavy (non-hydrogen) atoms. The Balaban J connectivity index is 1.54. The first-order chi connectivity index (χ1) is 12.7. The van der Waals surface area contributed by atoms with Crippen molar-refractivity contribution in [3.8, 4) is 11.4 Å². The molecule has 1 heterocycles. The third kappa shape index (κ3) is 4.39. The minimum absolute atomic E-state index is 0.129. The third-order valence-corrected chi connectivity index (χ3v) is 4.05. The maximum Gasteiger partial charge on any atom is 0.244 e. The van der Waals surface area contributed by atoms with E-state index in [2.05, 4.69) is 10.3 Å². The Bertz CT molecular complexity index is 894. The quantitative estimate of drug-likeness (QED) is 0.694. The van der Waals surface area contributed by atoms with Gasteiger partial charge >= 0.3 is 0 Å². The van der Waals surface area contributed by atoms with Crippen LogP contribution in [-0.2, 0) is 11.3 Å². The Hall–Kier alpha value is -3.34. The fraction of sp³-hybridized carbons (Fsp3) is 0.143. The lowest BCUT2D eigenvalue weighted by atomic mass is 10.2. The van der Waals surface area contributed by atoms with E-state index in [9.17, 15) is 4.79 Å². The summed E-state index contributed by atoms with van der Waals surface area (Å²) in [5.74, 6) is 1.60. The second-order valence-electron chi connectivity index (χ2n) is 5.84. The van der Waals surface area contributed by atoms with Crippen LogP contribution >= 0.6 is 0 Å². The highest BCUT2D eigenvalue weighted by Crippen LogP contribution is 2.13. The molecule has 0 aliphatic heterocycles. The van der Waals surface area contributed by atoms with E-state index < -0.39 is 0 Å². The highest BCUT2D eigenvalue weighted by molar-refractivity contribution is 5.91.